The molecular formula is C12H10ClFN2O4S. The summed E-state index contributed by atoms with van der Waals surface area (Å²) in [5, 5.41) is 2.38. The van der Waals surface area contributed by atoms with Gasteiger partial charge in [-0.15, -0.1) is 0 Å². The van der Waals surface area contributed by atoms with Gasteiger partial charge in [0.25, 0.3) is 15.0 Å². The van der Waals surface area contributed by atoms with Gasteiger partial charge >= 0.3 is 0 Å². The molecule has 0 radical (unpaired) electrons. The average molecular weight is 333 g/mol. The van der Waals surface area contributed by atoms with E-state index >= 15 is 0 Å². The second-order valence-electron chi connectivity index (χ2n) is 4.18. The Balaban J connectivity index is 2.27. The van der Waals surface area contributed by atoms with Gasteiger partial charge < -0.3 is 9.73 Å². The summed E-state index contributed by atoms with van der Waals surface area (Å²) < 4.78 is 40.9. The molecule has 1 amide bonds. The number of benzene rings is 1. The number of halogens is 2. The van der Waals surface area contributed by atoms with Crippen molar-refractivity contribution in [3.63, 3.8) is 0 Å². The maximum absolute atomic E-state index is 13.6. The van der Waals surface area contributed by atoms with E-state index in [-0.39, 0.29) is 11.4 Å². The van der Waals surface area contributed by atoms with E-state index in [1.165, 1.54) is 6.07 Å². The van der Waals surface area contributed by atoms with Crippen molar-refractivity contribution in [2.45, 2.75) is 18.7 Å². The third kappa shape index (κ3) is 3.40. The smallest absolute Gasteiger partial charge is 0.293 e. The Morgan fingerprint density at radius 3 is 2.52 bits per heavy atom. The Morgan fingerprint density at radius 2 is 2.05 bits per heavy atom. The molecule has 1 heterocycles. The molecule has 0 saturated heterocycles. The molecule has 1 aromatic heterocycles. The Hall–Kier alpha value is -1.93. The summed E-state index contributed by atoms with van der Waals surface area (Å²) in [6, 6.07) is 3.03. The van der Waals surface area contributed by atoms with Crippen LogP contribution in [0.25, 0.3) is 0 Å². The topological polar surface area (TPSA) is 89.3 Å². The van der Waals surface area contributed by atoms with Crippen LogP contribution >= 0.6 is 10.7 Å². The van der Waals surface area contributed by atoms with E-state index in [4.69, 9.17) is 15.1 Å². The molecule has 2 rings (SSSR count). The van der Waals surface area contributed by atoms with E-state index < -0.39 is 25.7 Å². The number of amides is 1. The minimum atomic E-state index is -4.18. The van der Waals surface area contributed by atoms with Crippen LogP contribution in [0, 0.1) is 19.7 Å². The molecule has 2 aromatic rings. The first-order valence-electron chi connectivity index (χ1n) is 5.68. The summed E-state index contributed by atoms with van der Waals surface area (Å²) in [6.07, 6.45) is 0. The summed E-state index contributed by atoms with van der Waals surface area (Å²) in [7, 11) is 0.885. The normalized spacial score (nSPS) is 11.4. The van der Waals surface area contributed by atoms with Crippen LogP contribution in [-0.2, 0) is 9.05 Å². The number of nitrogens with one attached hydrogen (secondary N) is 1. The summed E-state index contributed by atoms with van der Waals surface area (Å²) in [6.45, 7) is 3.18. The lowest BCUT2D eigenvalue weighted by molar-refractivity contribution is 0.0994. The molecule has 1 N–H and O–H groups in total. The maximum Gasteiger partial charge on any atom is 0.293 e. The molecule has 0 unspecified atom stereocenters. The van der Waals surface area contributed by atoms with Crippen LogP contribution < -0.4 is 5.32 Å². The van der Waals surface area contributed by atoms with Gasteiger partial charge in [-0.25, -0.2) is 17.8 Å². The van der Waals surface area contributed by atoms with Gasteiger partial charge in [-0.2, -0.15) is 0 Å². The van der Waals surface area contributed by atoms with Crippen molar-refractivity contribution in [2.75, 3.05) is 5.32 Å². The number of aryl methyl sites for hydroxylation is 2. The molecule has 0 bridgehead atoms. The van der Waals surface area contributed by atoms with E-state index in [0.717, 1.165) is 12.1 Å². The minimum absolute atomic E-state index is 0.00181. The molecule has 0 aliphatic carbocycles. The fraction of sp³-hybridized carbons (Fsp3) is 0.167. The molecule has 0 aliphatic heterocycles. The minimum Gasteiger partial charge on any atom is -0.436 e. The number of rotatable bonds is 3. The Kier molecular flexibility index (Phi) is 4.02. The molecule has 0 fully saturated rings. The lowest BCUT2D eigenvalue weighted by Crippen LogP contribution is -2.12. The number of oxazole rings is 1. The number of nitrogens with zero attached hydrogens (tertiary/aromatic N) is 1. The van der Waals surface area contributed by atoms with Gasteiger partial charge in [0.15, 0.2) is 5.89 Å². The van der Waals surface area contributed by atoms with Crippen LogP contribution in [0.1, 0.15) is 22.1 Å². The van der Waals surface area contributed by atoms with Gasteiger partial charge in [-0.3, -0.25) is 4.79 Å². The molecular weight excluding hydrogens is 323 g/mol. The molecule has 1 aromatic carbocycles. The highest BCUT2D eigenvalue weighted by molar-refractivity contribution is 8.13. The van der Waals surface area contributed by atoms with Crippen molar-refractivity contribution in [3.8, 4) is 0 Å². The monoisotopic (exact) mass is 332 g/mol. The predicted octanol–water partition coefficient (Wildman–Crippen LogP) is 2.61. The zero-order valence-electron chi connectivity index (χ0n) is 11.0. The third-order valence-corrected chi connectivity index (χ3v) is 3.92. The molecule has 0 saturated carbocycles. The van der Waals surface area contributed by atoms with Crippen molar-refractivity contribution < 1.29 is 22.0 Å². The van der Waals surface area contributed by atoms with Crippen molar-refractivity contribution in [3.05, 3.63) is 41.4 Å². The van der Waals surface area contributed by atoms with Crippen LogP contribution in [-0.4, -0.2) is 19.3 Å². The Bertz CT molecular complexity index is 817. The number of aromatic nitrogens is 1. The molecule has 112 valence electrons. The van der Waals surface area contributed by atoms with Gasteiger partial charge in [-0.1, -0.05) is 0 Å². The van der Waals surface area contributed by atoms with Crippen LogP contribution in [0.3, 0.4) is 0 Å². The van der Waals surface area contributed by atoms with E-state index in [2.05, 4.69) is 10.3 Å². The first-order valence-corrected chi connectivity index (χ1v) is 7.99. The number of carbonyl (C=O) groups is 1. The third-order valence-electron chi connectivity index (χ3n) is 2.56. The zero-order chi connectivity index (χ0) is 15.8. The first kappa shape index (κ1) is 15.5. The average Bonchev–Trinajstić information content (AvgIpc) is 2.67. The maximum atomic E-state index is 13.6. The first-order chi connectivity index (χ1) is 9.68. The van der Waals surface area contributed by atoms with Crippen molar-refractivity contribution >= 4 is 31.3 Å². The van der Waals surface area contributed by atoms with E-state index in [1.807, 2.05) is 0 Å². The molecule has 0 aliphatic rings. The molecule has 9 heteroatoms. The Labute approximate surface area is 124 Å². The summed E-state index contributed by atoms with van der Waals surface area (Å²) in [5.41, 5.74) is 0.459. The fourth-order valence-corrected chi connectivity index (χ4v) is 2.60. The van der Waals surface area contributed by atoms with Gasteiger partial charge in [0.05, 0.1) is 5.69 Å². The highest BCUT2D eigenvalue weighted by Crippen LogP contribution is 2.22. The van der Waals surface area contributed by atoms with Crippen LogP contribution in [0.5, 0.6) is 0 Å². The van der Waals surface area contributed by atoms with Crippen LogP contribution in [0.4, 0.5) is 10.1 Å². The zero-order valence-corrected chi connectivity index (χ0v) is 12.5. The Morgan fingerprint density at radius 1 is 1.38 bits per heavy atom. The number of hydrogen-bond donors (Lipinski definition) is 1. The van der Waals surface area contributed by atoms with Gasteiger partial charge in [0.1, 0.15) is 10.7 Å². The summed E-state index contributed by atoms with van der Waals surface area (Å²) in [4.78, 5) is 15.2. The van der Waals surface area contributed by atoms with E-state index in [9.17, 15) is 17.6 Å². The second-order valence-corrected chi connectivity index (χ2v) is 6.72. The molecule has 0 spiro atoms. The van der Waals surface area contributed by atoms with Crippen molar-refractivity contribution in [2.24, 2.45) is 0 Å². The highest BCUT2D eigenvalue weighted by atomic mass is 35.7. The van der Waals surface area contributed by atoms with Gasteiger partial charge in [-0.05, 0) is 25.1 Å². The number of hydrogen-bond acceptors (Lipinski definition) is 5. The second kappa shape index (κ2) is 5.45. The number of anilines is 1. The summed E-state index contributed by atoms with van der Waals surface area (Å²) in [5.74, 6) is -1.35. The molecule has 21 heavy (non-hydrogen) atoms. The number of carbonyl (C=O) groups excluding carboxylic acids is 1. The van der Waals surface area contributed by atoms with Crippen molar-refractivity contribution in [1.82, 2.24) is 4.98 Å². The van der Waals surface area contributed by atoms with Crippen LogP contribution in [0.15, 0.2) is 27.5 Å². The fourth-order valence-electron chi connectivity index (χ4n) is 1.71. The lowest BCUT2D eigenvalue weighted by atomic mass is 10.3. The summed E-state index contributed by atoms with van der Waals surface area (Å²) >= 11 is 0. The molecule has 6 nitrogen and oxygen atoms in total. The quantitative estimate of drug-likeness (QED) is 0.873. The van der Waals surface area contributed by atoms with E-state index in [0.29, 0.717) is 11.6 Å². The highest BCUT2D eigenvalue weighted by Gasteiger charge is 2.19. The largest absolute Gasteiger partial charge is 0.436 e. The standard InChI is InChI=1S/C12H10ClFN2O4S/c1-6-11(20-7(2)15-6)12(17)16-8-3-4-10(9(14)5-8)21(13,18)19/h3-5H,1-2H3,(H,16,17). The lowest BCUT2D eigenvalue weighted by Gasteiger charge is -2.05. The SMILES string of the molecule is Cc1nc(C)c(C(=O)Nc2ccc(S(=O)(=O)Cl)c(F)c2)o1. The van der Waals surface area contributed by atoms with Crippen LogP contribution in [0.2, 0.25) is 0 Å². The molecule has 0 atom stereocenters. The predicted molar refractivity (Wildman–Crippen MR) is 73.4 cm³/mol. The van der Waals surface area contributed by atoms with Gasteiger partial charge in [0, 0.05) is 23.3 Å². The van der Waals surface area contributed by atoms with E-state index in [1.54, 1.807) is 13.8 Å². The van der Waals surface area contributed by atoms with Gasteiger partial charge in [0.2, 0.25) is 5.76 Å². The van der Waals surface area contributed by atoms with Crippen molar-refractivity contribution in [1.29, 1.82) is 0 Å².